The van der Waals surface area contributed by atoms with Gasteiger partial charge in [0.1, 0.15) is 6.54 Å². The summed E-state index contributed by atoms with van der Waals surface area (Å²) in [7, 11) is 0. The average Bonchev–Trinajstić information content (AvgIpc) is 2.28. The molecule has 0 spiro atoms. The fraction of sp³-hybridized carbons (Fsp3) is 0.273. The van der Waals surface area contributed by atoms with Gasteiger partial charge in [-0.15, -0.1) is 0 Å². The molecular weight excluding hydrogens is 226 g/mol. The first kappa shape index (κ1) is 12.6. The number of rotatable bonds is 4. The Kier molecular flexibility index (Phi) is 5.42. The molecule has 0 aliphatic carbocycles. The SMILES string of the molecule is CCOC(=O)CNC(=O)Sc1ccccc1. The molecule has 0 saturated carbocycles. The van der Waals surface area contributed by atoms with E-state index in [4.69, 9.17) is 0 Å². The van der Waals surface area contributed by atoms with E-state index in [2.05, 4.69) is 10.1 Å². The standard InChI is InChI=1S/C11H13NO3S/c1-2-15-10(13)8-12-11(14)16-9-6-4-3-5-7-9/h3-7H,2,8H2,1H3,(H,12,14). The lowest BCUT2D eigenvalue weighted by atomic mass is 10.4. The molecule has 86 valence electrons. The second-order valence-electron chi connectivity index (χ2n) is 2.86. The third kappa shape index (κ3) is 4.84. The predicted octanol–water partition coefficient (Wildman–Crippen LogP) is 2.05. The van der Waals surface area contributed by atoms with Crippen LogP contribution in [0.15, 0.2) is 35.2 Å². The summed E-state index contributed by atoms with van der Waals surface area (Å²) in [6, 6.07) is 9.23. The first-order chi connectivity index (χ1) is 7.72. The van der Waals surface area contributed by atoms with Crippen LogP contribution in [0.2, 0.25) is 0 Å². The molecule has 0 aromatic heterocycles. The Morgan fingerprint density at radius 1 is 1.31 bits per heavy atom. The summed E-state index contributed by atoms with van der Waals surface area (Å²) in [5.41, 5.74) is 0. The van der Waals surface area contributed by atoms with Gasteiger partial charge in [-0.1, -0.05) is 18.2 Å². The number of hydrogen-bond acceptors (Lipinski definition) is 4. The van der Waals surface area contributed by atoms with Crippen LogP contribution in [-0.4, -0.2) is 24.4 Å². The number of amides is 1. The quantitative estimate of drug-likeness (QED) is 0.645. The van der Waals surface area contributed by atoms with E-state index in [1.807, 2.05) is 30.3 Å². The van der Waals surface area contributed by atoms with E-state index in [9.17, 15) is 9.59 Å². The maximum atomic E-state index is 11.4. The number of benzene rings is 1. The van der Waals surface area contributed by atoms with Crippen LogP contribution in [0.1, 0.15) is 6.92 Å². The van der Waals surface area contributed by atoms with Gasteiger partial charge in [0.05, 0.1) is 6.61 Å². The summed E-state index contributed by atoms with van der Waals surface area (Å²) in [5, 5.41) is 2.20. The number of carbonyl (C=O) groups excluding carboxylic acids is 2. The van der Waals surface area contributed by atoms with Gasteiger partial charge in [-0.2, -0.15) is 0 Å². The molecular formula is C11H13NO3S. The molecule has 0 aliphatic rings. The molecule has 0 heterocycles. The second-order valence-corrected chi connectivity index (χ2v) is 3.91. The van der Waals surface area contributed by atoms with E-state index < -0.39 is 5.97 Å². The Hall–Kier alpha value is -1.49. The Balaban J connectivity index is 2.29. The number of nitrogens with one attached hydrogen (secondary N) is 1. The topological polar surface area (TPSA) is 55.4 Å². The van der Waals surface area contributed by atoms with Crippen LogP contribution < -0.4 is 5.32 Å². The van der Waals surface area contributed by atoms with E-state index in [1.165, 1.54) is 0 Å². The molecule has 0 atom stereocenters. The summed E-state index contributed by atoms with van der Waals surface area (Å²) in [6.45, 7) is 1.95. The van der Waals surface area contributed by atoms with Gasteiger partial charge in [0.2, 0.25) is 0 Å². The van der Waals surface area contributed by atoms with Gasteiger partial charge < -0.3 is 10.1 Å². The van der Waals surface area contributed by atoms with Crippen LogP contribution in [0.25, 0.3) is 0 Å². The summed E-state index contributed by atoms with van der Waals surface area (Å²) in [5.74, 6) is -0.426. The van der Waals surface area contributed by atoms with Gasteiger partial charge in [0.15, 0.2) is 0 Å². The van der Waals surface area contributed by atoms with Crippen molar-refractivity contribution in [1.29, 1.82) is 0 Å². The van der Waals surface area contributed by atoms with Crippen LogP contribution in [0.4, 0.5) is 4.79 Å². The van der Waals surface area contributed by atoms with Gasteiger partial charge in [0.25, 0.3) is 5.24 Å². The molecule has 1 N–H and O–H groups in total. The largest absolute Gasteiger partial charge is 0.465 e. The molecule has 0 bridgehead atoms. The Morgan fingerprint density at radius 3 is 2.62 bits per heavy atom. The Morgan fingerprint density at radius 2 is 2.00 bits per heavy atom. The summed E-state index contributed by atoms with van der Waals surface area (Å²) < 4.78 is 4.68. The fourth-order valence-electron chi connectivity index (χ4n) is 0.988. The molecule has 0 saturated heterocycles. The summed E-state index contributed by atoms with van der Waals surface area (Å²) >= 11 is 1.05. The highest BCUT2D eigenvalue weighted by atomic mass is 32.2. The normalized spacial score (nSPS) is 9.56. The average molecular weight is 239 g/mol. The van der Waals surface area contributed by atoms with Crippen LogP contribution in [0, 0.1) is 0 Å². The van der Waals surface area contributed by atoms with E-state index in [0.717, 1.165) is 16.7 Å². The molecule has 1 aromatic carbocycles. The van der Waals surface area contributed by atoms with Crippen molar-refractivity contribution in [3.63, 3.8) is 0 Å². The van der Waals surface area contributed by atoms with Gasteiger partial charge in [-0.05, 0) is 30.8 Å². The van der Waals surface area contributed by atoms with E-state index in [0.29, 0.717) is 6.61 Å². The highest BCUT2D eigenvalue weighted by Gasteiger charge is 2.06. The minimum Gasteiger partial charge on any atom is -0.465 e. The van der Waals surface area contributed by atoms with Crippen molar-refractivity contribution >= 4 is 23.0 Å². The third-order valence-corrected chi connectivity index (χ3v) is 2.47. The Labute approximate surface area is 98.4 Å². The number of hydrogen-bond donors (Lipinski definition) is 1. The zero-order valence-electron chi connectivity index (χ0n) is 8.93. The minimum atomic E-state index is -0.426. The van der Waals surface area contributed by atoms with E-state index in [-0.39, 0.29) is 11.8 Å². The lowest BCUT2D eigenvalue weighted by molar-refractivity contribution is -0.141. The van der Waals surface area contributed by atoms with Crippen LogP contribution >= 0.6 is 11.8 Å². The van der Waals surface area contributed by atoms with E-state index >= 15 is 0 Å². The van der Waals surface area contributed by atoms with Crippen molar-refractivity contribution in [2.45, 2.75) is 11.8 Å². The predicted molar refractivity (Wildman–Crippen MR) is 62.3 cm³/mol. The van der Waals surface area contributed by atoms with E-state index in [1.54, 1.807) is 6.92 Å². The van der Waals surface area contributed by atoms with Crippen molar-refractivity contribution in [3.8, 4) is 0 Å². The highest BCUT2D eigenvalue weighted by Crippen LogP contribution is 2.17. The van der Waals surface area contributed by atoms with Crippen molar-refractivity contribution in [2.24, 2.45) is 0 Å². The van der Waals surface area contributed by atoms with Gasteiger partial charge in [0, 0.05) is 4.90 Å². The summed E-state index contributed by atoms with van der Waals surface area (Å²) in [4.78, 5) is 23.2. The van der Waals surface area contributed by atoms with Crippen molar-refractivity contribution in [3.05, 3.63) is 30.3 Å². The molecule has 1 rings (SSSR count). The van der Waals surface area contributed by atoms with Crippen LogP contribution in [0.5, 0.6) is 0 Å². The number of carbonyl (C=O) groups is 2. The van der Waals surface area contributed by atoms with Crippen molar-refractivity contribution in [1.82, 2.24) is 5.32 Å². The molecule has 5 heteroatoms. The molecule has 0 fully saturated rings. The first-order valence-electron chi connectivity index (χ1n) is 4.88. The lowest BCUT2D eigenvalue weighted by Gasteiger charge is -2.04. The van der Waals surface area contributed by atoms with Gasteiger partial charge in [-0.3, -0.25) is 9.59 Å². The van der Waals surface area contributed by atoms with Gasteiger partial charge >= 0.3 is 5.97 Å². The van der Waals surface area contributed by atoms with Crippen molar-refractivity contribution in [2.75, 3.05) is 13.2 Å². The molecule has 1 aromatic rings. The molecule has 4 nitrogen and oxygen atoms in total. The number of thioether (sulfide) groups is 1. The molecule has 1 amide bonds. The van der Waals surface area contributed by atoms with Crippen molar-refractivity contribution < 1.29 is 14.3 Å². The second kappa shape index (κ2) is 6.90. The highest BCUT2D eigenvalue weighted by molar-refractivity contribution is 8.13. The van der Waals surface area contributed by atoms with Crippen LogP contribution in [0.3, 0.4) is 0 Å². The monoisotopic (exact) mass is 239 g/mol. The third-order valence-electron chi connectivity index (χ3n) is 1.64. The Bertz CT molecular complexity index is 354. The smallest absolute Gasteiger partial charge is 0.325 e. The molecule has 0 radical (unpaired) electrons. The van der Waals surface area contributed by atoms with Crippen LogP contribution in [-0.2, 0) is 9.53 Å². The zero-order chi connectivity index (χ0) is 11.8. The maximum Gasteiger partial charge on any atom is 0.325 e. The fourth-order valence-corrected chi connectivity index (χ4v) is 1.64. The molecule has 0 unspecified atom stereocenters. The molecule has 16 heavy (non-hydrogen) atoms. The lowest BCUT2D eigenvalue weighted by Crippen LogP contribution is -2.27. The number of esters is 1. The molecule has 0 aliphatic heterocycles. The minimum absolute atomic E-state index is 0.0908. The zero-order valence-corrected chi connectivity index (χ0v) is 9.75. The first-order valence-corrected chi connectivity index (χ1v) is 5.70. The summed E-state index contributed by atoms with van der Waals surface area (Å²) in [6.07, 6.45) is 0. The number of ether oxygens (including phenoxy) is 1. The maximum absolute atomic E-state index is 11.4. The van der Waals surface area contributed by atoms with Gasteiger partial charge in [-0.25, -0.2) is 0 Å².